The van der Waals surface area contributed by atoms with Gasteiger partial charge in [-0.2, -0.15) is 0 Å². The van der Waals surface area contributed by atoms with E-state index in [2.05, 4.69) is 4.72 Å². The highest BCUT2D eigenvalue weighted by Gasteiger charge is 2.25. The highest BCUT2D eigenvalue weighted by atomic mass is 35.5. The van der Waals surface area contributed by atoms with Crippen molar-refractivity contribution in [2.45, 2.75) is 31.0 Å². The molecule has 2 aromatic rings. The largest absolute Gasteiger partial charge is 0.372 e. The Balaban J connectivity index is 1.82. The summed E-state index contributed by atoms with van der Waals surface area (Å²) >= 11 is 5.64. The summed E-state index contributed by atoms with van der Waals surface area (Å²) in [5.41, 5.74) is 0.441. The van der Waals surface area contributed by atoms with Gasteiger partial charge in [-0.05, 0) is 44.2 Å². The first-order valence-electron chi connectivity index (χ1n) is 8.33. The van der Waals surface area contributed by atoms with Gasteiger partial charge in [0.1, 0.15) is 11.6 Å². The minimum atomic E-state index is -4.03. The van der Waals surface area contributed by atoms with Gasteiger partial charge < -0.3 is 9.64 Å². The molecular weight excluding hydrogens is 398 g/mol. The minimum Gasteiger partial charge on any atom is -0.372 e. The molecule has 1 saturated heterocycles. The van der Waals surface area contributed by atoms with Gasteiger partial charge >= 0.3 is 0 Å². The number of hydrogen-bond donors (Lipinski definition) is 1. The Bertz CT molecular complexity index is 946. The molecular formula is C18H19ClF2N2O3S. The lowest BCUT2D eigenvalue weighted by atomic mass is 10.2. The Kier molecular flexibility index (Phi) is 5.60. The van der Waals surface area contributed by atoms with E-state index in [1.165, 1.54) is 12.1 Å². The fraction of sp³-hybridized carbons (Fsp3) is 0.333. The van der Waals surface area contributed by atoms with Crippen LogP contribution in [0.1, 0.15) is 13.8 Å². The number of hydrogen-bond acceptors (Lipinski definition) is 4. The van der Waals surface area contributed by atoms with Crippen LogP contribution in [0.25, 0.3) is 0 Å². The molecule has 9 heteroatoms. The van der Waals surface area contributed by atoms with Gasteiger partial charge in [0, 0.05) is 19.2 Å². The Morgan fingerprint density at radius 2 is 1.74 bits per heavy atom. The molecule has 1 N–H and O–H groups in total. The van der Waals surface area contributed by atoms with Crippen LogP contribution in [0.4, 0.5) is 20.2 Å². The molecule has 0 amide bonds. The van der Waals surface area contributed by atoms with Crippen molar-refractivity contribution in [1.82, 2.24) is 0 Å². The van der Waals surface area contributed by atoms with Gasteiger partial charge in [0.05, 0.1) is 33.5 Å². The molecule has 0 bridgehead atoms. The highest BCUT2D eigenvalue weighted by molar-refractivity contribution is 7.92. The van der Waals surface area contributed by atoms with Gasteiger partial charge in [-0.25, -0.2) is 17.2 Å². The monoisotopic (exact) mass is 416 g/mol. The number of halogens is 3. The zero-order chi connectivity index (χ0) is 19.8. The maximum atomic E-state index is 14.6. The van der Waals surface area contributed by atoms with Crippen LogP contribution in [-0.2, 0) is 14.8 Å². The maximum Gasteiger partial charge on any atom is 0.261 e. The van der Waals surface area contributed by atoms with E-state index in [0.29, 0.717) is 18.8 Å². The topological polar surface area (TPSA) is 58.6 Å². The second-order valence-electron chi connectivity index (χ2n) is 6.51. The van der Waals surface area contributed by atoms with Gasteiger partial charge in [-0.3, -0.25) is 4.72 Å². The van der Waals surface area contributed by atoms with E-state index in [9.17, 15) is 17.2 Å². The zero-order valence-electron chi connectivity index (χ0n) is 14.7. The second kappa shape index (κ2) is 7.61. The Morgan fingerprint density at radius 3 is 2.33 bits per heavy atom. The molecule has 0 aromatic heterocycles. The van der Waals surface area contributed by atoms with E-state index >= 15 is 0 Å². The molecule has 1 fully saturated rings. The molecule has 0 radical (unpaired) electrons. The normalized spacial score (nSPS) is 20.6. The van der Waals surface area contributed by atoms with Gasteiger partial charge in [-0.15, -0.1) is 0 Å². The van der Waals surface area contributed by atoms with Gasteiger partial charge in [0.25, 0.3) is 10.0 Å². The summed E-state index contributed by atoms with van der Waals surface area (Å²) in [5.74, 6) is -1.27. The molecule has 3 rings (SSSR count). The second-order valence-corrected chi connectivity index (χ2v) is 8.60. The van der Waals surface area contributed by atoms with Crippen LogP contribution >= 0.6 is 11.6 Å². The van der Waals surface area contributed by atoms with Crippen LogP contribution in [0.3, 0.4) is 0 Å². The first-order chi connectivity index (χ1) is 12.7. The van der Waals surface area contributed by atoms with Crippen molar-refractivity contribution in [3.8, 4) is 0 Å². The van der Waals surface area contributed by atoms with Crippen LogP contribution in [0.2, 0.25) is 5.02 Å². The smallest absolute Gasteiger partial charge is 0.261 e. The number of benzene rings is 2. The number of sulfonamides is 1. The molecule has 0 spiro atoms. The average molecular weight is 417 g/mol. The zero-order valence-corrected chi connectivity index (χ0v) is 16.3. The van der Waals surface area contributed by atoms with Crippen molar-refractivity contribution in [3.63, 3.8) is 0 Å². The quantitative estimate of drug-likeness (QED) is 0.817. The van der Waals surface area contributed by atoms with Crippen molar-refractivity contribution in [1.29, 1.82) is 0 Å². The lowest BCUT2D eigenvalue weighted by molar-refractivity contribution is -0.00539. The number of morpholine rings is 1. The summed E-state index contributed by atoms with van der Waals surface area (Å²) < 4.78 is 60.6. The van der Waals surface area contributed by atoms with E-state index in [1.807, 2.05) is 18.7 Å². The standard InChI is InChI=1S/C18H19ClF2N2O3S/c1-11-9-23(10-12(2)26-11)18-6-3-13(7-17(18)21)22-27(24,25)14-4-5-16(20)15(19)8-14/h3-8,11-12,22H,9-10H2,1-2H3/t11-,12-/m1/s1. The van der Waals surface area contributed by atoms with Crippen LogP contribution in [0.5, 0.6) is 0 Å². The molecule has 2 aromatic carbocycles. The summed E-state index contributed by atoms with van der Waals surface area (Å²) in [6, 6.07) is 7.16. The highest BCUT2D eigenvalue weighted by Crippen LogP contribution is 2.28. The lowest BCUT2D eigenvalue weighted by Gasteiger charge is -2.37. The van der Waals surface area contributed by atoms with Crippen LogP contribution in [0.15, 0.2) is 41.3 Å². The number of nitrogens with zero attached hydrogens (tertiary/aromatic N) is 1. The van der Waals surface area contributed by atoms with E-state index < -0.39 is 21.7 Å². The summed E-state index contributed by atoms with van der Waals surface area (Å²) in [6.07, 6.45) is -0.0656. The van der Waals surface area contributed by atoms with Crippen molar-refractivity contribution < 1.29 is 21.9 Å². The van der Waals surface area contributed by atoms with Crippen LogP contribution in [0, 0.1) is 11.6 Å². The van der Waals surface area contributed by atoms with Gasteiger partial charge in [0.15, 0.2) is 0 Å². The molecule has 1 aliphatic rings. The van der Waals surface area contributed by atoms with Crippen molar-refractivity contribution in [2.24, 2.45) is 0 Å². The summed E-state index contributed by atoms with van der Waals surface area (Å²) in [7, 11) is -4.03. The summed E-state index contributed by atoms with van der Waals surface area (Å²) in [6.45, 7) is 4.91. The Morgan fingerprint density at radius 1 is 1.07 bits per heavy atom. The number of rotatable bonds is 4. The van der Waals surface area contributed by atoms with Crippen LogP contribution < -0.4 is 9.62 Å². The molecule has 5 nitrogen and oxygen atoms in total. The first-order valence-corrected chi connectivity index (χ1v) is 10.2. The van der Waals surface area contributed by atoms with Crippen LogP contribution in [-0.4, -0.2) is 33.7 Å². The van der Waals surface area contributed by atoms with E-state index in [4.69, 9.17) is 16.3 Å². The number of anilines is 2. The van der Waals surface area contributed by atoms with Crippen molar-refractivity contribution >= 4 is 33.0 Å². The predicted molar refractivity (Wildman–Crippen MR) is 101 cm³/mol. The first kappa shape index (κ1) is 19.9. The predicted octanol–water partition coefficient (Wildman–Crippen LogP) is 4.03. The van der Waals surface area contributed by atoms with E-state index in [0.717, 1.165) is 24.3 Å². The third-order valence-electron chi connectivity index (χ3n) is 4.16. The lowest BCUT2D eigenvalue weighted by Crippen LogP contribution is -2.45. The number of nitrogens with one attached hydrogen (secondary N) is 1. The molecule has 27 heavy (non-hydrogen) atoms. The fourth-order valence-corrected chi connectivity index (χ4v) is 4.38. The molecule has 2 atom stereocenters. The molecule has 0 saturated carbocycles. The van der Waals surface area contributed by atoms with Crippen molar-refractivity contribution in [2.75, 3.05) is 22.7 Å². The summed E-state index contributed by atoms with van der Waals surface area (Å²) in [5, 5.41) is -0.310. The molecule has 146 valence electrons. The van der Waals surface area contributed by atoms with Gasteiger partial charge in [0.2, 0.25) is 0 Å². The fourth-order valence-electron chi connectivity index (χ4n) is 3.06. The summed E-state index contributed by atoms with van der Waals surface area (Å²) in [4.78, 5) is 1.65. The van der Waals surface area contributed by atoms with E-state index in [-0.39, 0.29) is 27.8 Å². The molecule has 1 heterocycles. The Hall–Kier alpha value is -1.90. The maximum absolute atomic E-state index is 14.6. The molecule has 1 aliphatic heterocycles. The third-order valence-corrected chi connectivity index (χ3v) is 5.83. The number of ether oxygens (including phenoxy) is 1. The Labute approximate surface area is 161 Å². The minimum absolute atomic E-state index is 0.0328. The van der Waals surface area contributed by atoms with E-state index in [1.54, 1.807) is 0 Å². The van der Waals surface area contributed by atoms with Gasteiger partial charge in [-0.1, -0.05) is 11.6 Å². The molecule has 0 unspecified atom stereocenters. The van der Waals surface area contributed by atoms with Crippen molar-refractivity contribution in [3.05, 3.63) is 53.1 Å². The molecule has 0 aliphatic carbocycles. The SMILES string of the molecule is C[C@@H]1CN(c2ccc(NS(=O)(=O)c3ccc(F)c(Cl)c3)cc2F)C[C@@H](C)O1. The average Bonchev–Trinajstić information content (AvgIpc) is 2.56. The third kappa shape index (κ3) is 4.51.